The van der Waals surface area contributed by atoms with Crippen molar-refractivity contribution in [1.82, 2.24) is 5.32 Å². The van der Waals surface area contributed by atoms with Crippen molar-refractivity contribution in [3.63, 3.8) is 0 Å². The molecular weight excluding hydrogens is 134 g/mol. The molecule has 0 aromatic rings. The third-order valence-electron chi connectivity index (χ3n) is 2.39. The maximum absolute atomic E-state index is 3.87. The quantitative estimate of drug-likeness (QED) is 0.614. The van der Waals surface area contributed by atoms with E-state index in [0.29, 0.717) is 0 Å². The van der Waals surface area contributed by atoms with Gasteiger partial charge < -0.3 is 5.32 Å². The molecule has 2 unspecified atom stereocenters. The lowest BCUT2D eigenvalue weighted by molar-refractivity contribution is 0.522. The molecule has 1 aliphatic rings. The first-order chi connectivity index (χ1) is 5.18. The molecule has 0 amide bonds. The summed E-state index contributed by atoms with van der Waals surface area (Å²) in [6, 6.07) is 0.765. The van der Waals surface area contributed by atoms with Crippen LogP contribution in [0.2, 0.25) is 0 Å². The molecule has 1 N–H and O–H groups in total. The summed E-state index contributed by atoms with van der Waals surface area (Å²) >= 11 is 0. The van der Waals surface area contributed by atoms with Crippen LogP contribution in [0.1, 0.15) is 33.1 Å². The molecule has 1 saturated carbocycles. The van der Waals surface area contributed by atoms with Crippen molar-refractivity contribution in [3.05, 3.63) is 12.2 Å². The van der Waals surface area contributed by atoms with E-state index in [4.69, 9.17) is 0 Å². The zero-order chi connectivity index (χ0) is 8.27. The summed E-state index contributed by atoms with van der Waals surface area (Å²) in [6.07, 6.45) is 4.11. The number of hydrogen-bond acceptors (Lipinski definition) is 1. The van der Waals surface area contributed by atoms with E-state index in [1.807, 2.05) is 0 Å². The van der Waals surface area contributed by atoms with Crippen LogP contribution in [0.25, 0.3) is 0 Å². The Morgan fingerprint density at radius 1 is 1.55 bits per heavy atom. The van der Waals surface area contributed by atoms with Gasteiger partial charge in [-0.15, -0.1) is 0 Å². The minimum atomic E-state index is 0.765. The molecule has 1 fully saturated rings. The summed E-state index contributed by atoms with van der Waals surface area (Å²) in [6.45, 7) is 9.28. The Balaban J connectivity index is 2.13. The van der Waals surface area contributed by atoms with Gasteiger partial charge in [-0.25, -0.2) is 0 Å². The summed E-state index contributed by atoms with van der Waals surface area (Å²) in [5.41, 5.74) is 1.24. The van der Waals surface area contributed by atoms with Gasteiger partial charge in [-0.1, -0.05) is 19.1 Å². The molecule has 0 heterocycles. The number of nitrogens with one attached hydrogen (secondary N) is 1. The summed E-state index contributed by atoms with van der Waals surface area (Å²) in [7, 11) is 0. The van der Waals surface area contributed by atoms with Crippen LogP contribution < -0.4 is 5.32 Å². The van der Waals surface area contributed by atoms with Gasteiger partial charge in [-0.05, 0) is 32.1 Å². The first-order valence-corrected chi connectivity index (χ1v) is 4.56. The predicted octanol–water partition coefficient (Wildman–Crippen LogP) is 2.34. The maximum atomic E-state index is 3.87. The average Bonchev–Trinajstić information content (AvgIpc) is 2.31. The van der Waals surface area contributed by atoms with Crippen molar-refractivity contribution in [1.29, 1.82) is 0 Å². The molecule has 1 rings (SSSR count). The molecule has 0 spiro atoms. The molecule has 0 saturated heterocycles. The maximum Gasteiger partial charge on any atom is 0.0161 e. The number of hydrogen-bond donors (Lipinski definition) is 1. The molecule has 0 bridgehead atoms. The Bertz CT molecular complexity index is 140. The topological polar surface area (TPSA) is 12.0 Å². The first-order valence-electron chi connectivity index (χ1n) is 4.56. The van der Waals surface area contributed by atoms with Crippen molar-refractivity contribution in [2.75, 3.05) is 6.54 Å². The molecule has 1 aliphatic carbocycles. The van der Waals surface area contributed by atoms with Crippen LogP contribution >= 0.6 is 0 Å². The lowest BCUT2D eigenvalue weighted by atomic mass is 10.1. The third kappa shape index (κ3) is 3.06. The van der Waals surface area contributed by atoms with Gasteiger partial charge in [-0.2, -0.15) is 0 Å². The standard InChI is InChI=1S/C10H19N/c1-8(2)7-11-10-5-4-9(3)6-10/h9-11H,1,4-7H2,2-3H3. The van der Waals surface area contributed by atoms with E-state index >= 15 is 0 Å². The van der Waals surface area contributed by atoms with Gasteiger partial charge in [0.15, 0.2) is 0 Å². The van der Waals surface area contributed by atoms with E-state index in [1.165, 1.54) is 24.8 Å². The van der Waals surface area contributed by atoms with Crippen LogP contribution in [0, 0.1) is 5.92 Å². The fraction of sp³-hybridized carbons (Fsp3) is 0.800. The van der Waals surface area contributed by atoms with Crippen LogP contribution in [0.3, 0.4) is 0 Å². The minimum Gasteiger partial charge on any atom is -0.310 e. The molecular formula is C10H19N. The molecule has 2 atom stereocenters. The van der Waals surface area contributed by atoms with E-state index in [9.17, 15) is 0 Å². The van der Waals surface area contributed by atoms with Gasteiger partial charge in [0.05, 0.1) is 0 Å². The molecule has 1 heteroatoms. The molecule has 0 radical (unpaired) electrons. The average molecular weight is 153 g/mol. The zero-order valence-electron chi connectivity index (χ0n) is 7.69. The van der Waals surface area contributed by atoms with E-state index in [0.717, 1.165) is 18.5 Å². The highest BCUT2D eigenvalue weighted by molar-refractivity contribution is 4.92. The summed E-state index contributed by atoms with van der Waals surface area (Å²) < 4.78 is 0. The first kappa shape index (κ1) is 8.79. The number of rotatable bonds is 3. The van der Waals surface area contributed by atoms with Crippen LogP contribution in [0.5, 0.6) is 0 Å². The lowest BCUT2D eigenvalue weighted by Crippen LogP contribution is -2.27. The fourth-order valence-corrected chi connectivity index (χ4v) is 1.71. The van der Waals surface area contributed by atoms with Crippen molar-refractivity contribution in [3.8, 4) is 0 Å². The van der Waals surface area contributed by atoms with E-state index in [-0.39, 0.29) is 0 Å². The van der Waals surface area contributed by atoms with Gasteiger partial charge in [0.25, 0.3) is 0 Å². The second-order valence-electron chi connectivity index (χ2n) is 3.95. The van der Waals surface area contributed by atoms with Gasteiger partial charge in [0.2, 0.25) is 0 Å². The van der Waals surface area contributed by atoms with Gasteiger partial charge in [0.1, 0.15) is 0 Å². The predicted molar refractivity (Wildman–Crippen MR) is 49.6 cm³/mol. The minimum absolute atomic E-state index is 0.765. The molecule has 0 aromatic heterocycles. The highest BCUT2D eigenvalue weighted by atomic mass is 14.9. The van der Waals surface area contributed by atoms with Crippen molar-refractivity contribution >= 4 is 0 Å². The lowest BCUT2D eigenvalue weighted by Gasteiger charge is -2.11. The van der Waals surface area contributed by atoms with E-state index in [2.05, 4.69) is 25.7 Å². The largest absolute Gasteiger partial charge is 0.310 e. The summed E-state index contributed by atoms with van der Waals surface area (Å²) in [5, 5.41) is 3.51. The summed E-state index contributed by atoms with van der Waals surface area (Å²) in [5.74, 6) is 0.928. The van der Waals surface area contributed by atoms with Crippen molar-refractivity contribution < 1.29 is 0 Å². The van der Waals surface area contributed by atoms with Crippen LogP contribution in [-0.4, -0.2) is 12.6 Å². The molecule has 0 aromatic carbocycles. The molecule has 0 aliphatic heterocycles. The van der Waals surface area contributed by atoms with Crippen LogP contribution in [0.4, 0.5) is 0 Å². The highest BCUT2D eigenvalue weighted by Crippen LogP contribution is 2.24. The van der Waals surface area contributed by atoms with Gasteiger partial charge >= 0.3 is 0 Å². The smallest absolute Gasteiger partial charge is 0.0161 e. The highest BCUT2D eigenvalue weighted by Gasteiger charge is 2.19. The van der Waals surface area contributed by atoms with Gasteiger partial charge in [-0.3, -0.25) is 0 Å². The monoisotopic (exact) mass is 153 g/mol. The second-order valence-corrected chi connectivity index (χ2v) is 3.95. The molecule has 1 nitrogen and oxygen atoms in total. The Morgan fingerprint density at radius 3 is 2.73 bits per heavy atom. The van der Waals surface area contributed by atoms with Gasteiger partial charge in [0, 0.05) is 12.6 Å². The van der Waals surface area contributed by atoms with Crippen molar-refractivity contribution in [2.24, 2.45) is 5.92 Å². The van der Waals surface area contributed by atoms with E-state index in [1.54, 1.807) is 0 Å². The normalized spacial score (nSPS) is 30.7. The summed E-state index contributed by atoms with van der Waals surface area (Å²) in [4.78, 5) is 0. The van der Waals surface area contributed by atoms with Crippen LogP contribution in [0.15, 0.2) is 12.2 Å². The Labute approximate surface area is 69.9 Å². The molecule has 64 valence electrons. The third-order valence-corrected chi connectivity index (χ3v) is 2.39. The Morgan fingerprint density at radius 2 is 2.27 bits per heavy atom. The Hall–Kier alpha value is -0.300. The fourth-order valence-electron chi connectivity index (χ4n) is 1.71. The van der Waals surface area contributed by atoms with E-state index < -0.39 is 0 Å². The Kier molecular flexibility index (Phi) is 3.13. The SMILES string of the molecule is C=C(C)CNC1CCC(C)C1. The van der Waals surface area contributed by atoms with Crippen LogP contribution in [-0.2, 0) is 0 Å². The second kappa shape index (κ2) is 3.91. The zero-order valence-corrected chi connectivity index (χ0v) is 7.69. The van der Waals surface area contributed by atoms with Crippen molar-refractivity contribution in [2.45, 2.75) is 39.2 Å². The molecule has 11 heavy (non-hydrogen) atoms.